The maximum absolute atomic E-state index is 5.26. The molecule has 0 amide bonds. The number of fused-ring (bicyclic) bond motifs is 8. The van der Waals surface area contributed by atoms with Gasteiger partial charge in [-0.1, -0.05) is 26.0 Å². The molecule has 190 valence electrons. The standard InChI is InChI=1S/C33H33N5/c1-5-21(6-2)32-28-15-11-25(35-28)19-23-9-10-24(34-23)20-26-12-16-29(36-26)33(31-18-17-30(32)37-31)22-7-13-27(14-8-22)38(3)4/h7-21,34,36H,5-6H2,1-4H3. The maximum Gasteiger partial charge on any atom is 0.0737 e. The first kappa shape index (κ1) is 24.0. The van der Waals surface area contributed by atoms with Gasteiger partial charge in [-0.25, -0.2) is 9.97 Å². The van der Waals surface area contributed by atoms with Crippen LogP contribution in [-0.2, 0) is 0 Å². The molecule has 5 heterocycles. The van der Waals surface area contributed by atoms with Crippen LogP contribution in [0, 0.1) is 0 Å². The summed E-state index contributed by atoms with van der Waals surface area (Å²) in [6.45, 7) is 4.50. The molecule has 0 saturated carbocycles. The van der Waals surface area contributed by atoms with E-state index in [1.807, 2.05) is 0 Å². The smallest absolute Gasteiger partial charge is 0.0737 e. The number of nitrogens with zero attached hydrogens (tertiary/aromatic N) is 3. The van der Waals surface area contributed by atoms with E-state index < -0.39 is 0 Å². The summed E-state index contributed by atoms with van der Waals surface area (Å²) in [5, 5.41) is 0. The summed E-state index contributed by atoms with van der Waals surface area (Å²) in [6.07, 6.45) is 10.6. The highest BCUT2D eigenvalue weighted by Gasteiger charge is 2.20. The molecule has 4 aromatic rings. The van der Waals surface area contributed by atoms with Gasteiger partial charge in [0, 0.05) is 53.0 Å². The molecule has 0 saturated heterocycles. The second-order valence-corrected chi connectivity index (χ2v) is 10.2. The summed E-state index contributed by atoms with van der Waals surface area (Å²) >= 11 is 0. The third kappa shape index (κ3) is 4.45. The number of anilines is 1. The fourth-order valence-corrected chi connectivity index (χ4v) is 5.44. The molecule has 1 aromatic carbocycles. The van der Waals surface area contributed by atoms with E-state index >= 15 is 0 Å². The van der Waals surface area contributed by atoms with Gasteiger partial charge in [0.05, 0.1) is 22.8 Å². The average Bonchev–Trinajstić information content (AvgIpc) is 3.73. The number of rotatable bonds is 5. The van der Waals surface area contributed by atoms with Crippen molar-refractivity contribution in [1.82, 2.24) is 19.9 Å². The molecule has 3 aromatic heterocycles. The van der Waals surface area contributed by atoms with Crippen molar-refractivity contribution in [1.29, 1.82) is 0 Å². The molecule has 6 rings (SSSR count). The first-order chi connectivity index (χ1) is 18.5. The number of H-pyrrole nitrogens is 2. The Morgan fingerprint density at radius 2 is 1.32 bits per heavy atom. The number of hydrogen-bond acceptors (Lipinski definition) is 3. The average molecular weight is 500 g/mol. The van der Waals surface area contributed by atoms with Crippen molar-refractivity contribution in [2.24, 2.45) is 0 Å². The Hall–Kier alpha value is -4.38. The molecule has 0 unspecified atom stereocenters. The van der Waals surface area contributed by atoms with Crippen LogP contribution >= 0.6 is 0 Å². The minimum atomic E-state index is 0.381. The van der Waals surface area contributed by atoms with E-state index in [4.69, 9.17) is 9.97 Å². The monoisotopic (exact) mass is 499 g/mol. The van der Waals surface area contributed by atoms with Crippen LogP contribution < -0.4 is 4.90 Å². The number of benzene rings is 1. The molecule has 2 aliphatic heterocycles. The van der Waals surface area contributed by atoms with Gasteiger partial charge in [-0.15, -0.1) is 0 Å². The van der Waals surface area contributed by atoms with E-state index in [0.717, 1.165) is 68.8 Å². The maximum atomic E-state index is 5.26. The molecule has 5 nitrogen and oxygen atoms in total. The normalized spacial score (nSPS) is 12.4. The van der Waals surface area contributed by atoms with Gasteiger partial charge >= 0.3 is 0 Å². The van der Waals surface area contributed by atoms with Crippen molar-refractivity contribution in [3.63, 3.8) is 0 Å². The highest BCUT2D eigenvalue weighted by Crippen LogP contribution is 2.35. The Morgan fingerprint density at radius 1 is 0.684 bits per heavy atom. The Morgan fingerprint density at radius 3 is 2.05 bits per heavy atom. The van der Waals surface area contributed by atoms with Gasteiger partial charge < -0.3 is 14.9 Å². The lowest BCUT2D eigenvalue weighted by molar-refractivity contribution is 0.636. The van der Waals surface area contributed by atoms with Crippen LogP contribution in [0.3, 0.4) is 0 Å². The van der Waals surface area contributed by atoms with Gasteiger partial charge in [-0.2, -0.15) is 0 Å². The molecule has 8 bridgehead atoms. The second kappa shape index (κ2) is 9.82. The van der Waals surface area contributed by atoms with Crippen LogP contribution in [0.25, 0.3) is 57.5 Å². The van der Waals surface area contributed by atoms with Crippen molar-refractivity contribution in [2.45, 2.75) is 32.6 Å². The molecular weight excluding hydrogens is 466 g/mol. The number of nitrogens with one attached hydrogen (secondary N) is 2. The number of aromatic nitrogens is 4. The lowest BCUT2D eigenvalue weighted by Crippen LogP contribution is -2.07. The van der Waals surface area contributed by atoms with Crippen LogP contribution in [0.1, 0.15) is 60.9 Å². The zero-order chi connectivity index (χ0) is 26.2. The molecule has 2 aliphatic rings. The molecule has 0 spiro atoms. The third-order valence-electron chi connectivity index (χ3n) is 7.50. The summed E-state index contributed by atoms with van der Waals surface area (Å²) < 4.78 is 0. The van der Waals surface area contributed by atoms with Gasteiger partial charge in [-0.05, 0) is 97.2 Å². The van der Waals surface area contributed by atoms with Crippen LogP contribution in [-0.4, -0.2) is 34.0 Å². The molecule has 0 atom stereocenters. The third-order valence-corrected chi connectivity index (χ3v) is 7.50. The fraction of sp³-hybridized carbons (Fsp3) is 0.212. The van der Waals surface area contributed by atoms with E-state index in [2.05, 4.69) is 128 Å². The summed E-state index contributed by atoms with van der Waals surface area (Å²) in [7, 11) is 4.13. The van der Waals surface area contributed by atoms with E-state index in [1.165, 1.54) is 11.3 Å². The molecule has 2 N–H and O–H groups in total. The van der Waals surface area contributed by atoms with Crippen LogP contribution in [0.5, 0.6) is 0 Å². The number of aromatic amines is 2. The summed E-state index contributed by atoms with van der Waals surface area (Å²) in [6, 6.07) is 21.4. The van der Waals surface area contributed by atoms with Crippen molar-refractivity contribution in [3.8, 4) is 11.1 Å². The summed E-state index contributed by atoms with van der Waals surface area (Å²) in [5.74, 6) is 0.381. The lowest BCUT2D eigenvalue weighted by atomic mass is 9.91. The van der Waals surface area contributed by atoms with E-state index in [-0.39, 0.29) is 0 Å². The van der Waals surface area contributed by atoms with Crippen LogP contribution in [0.4, 0.5) is 5.69 Å². The van der Waals surface area contributed by atoms with Crippen molar-refractivity contribution in [2.75, 3.05) is 19.0 Å². The highest BCUT2D eigenvalue weighted by molar-refractivity contribution is 5.91. The Kier molecular flexibility index (Phi) is 6.20. The van der Waals surface area contributed by atoms with Crippen molar-refractivity contribution in [3.05, 3.63) is 89.0 Å². The van der Waals surface area contributed by atoms with Crippen LogP contribution in [0.15, 0.2) is 60.7 Å². The predicted octanol–water partition coefficient (Wildman–Crippen LogP) is 8.29. The zero-order valence-corrected chi connectivity index (χ0v) is 22.4. The van der Waals surface area contributed by atoms with Crippen LogP contribution in [0.2, 0.25) is 0 Å². The Labute approximate surface area is 223 Å². The van der Waals surface area contributed by atoms with E-state index in [0.29, 0.717) is 5.92 Å². The minimum Gasteiger partial charge on any atom is -0.378 e. The fourth-order valence-electron chi connectivity index (χ4n) is 5.44. The van der Waals surface area contributed by atoms with Gasteiger partial charge in [0.15, 0.2) is 0 Å². The summed E-state index contributed by atoms with van der Waals surface area (Å²) in [4.78, 5) is 19.6. The quantitative estimate of drug-likeness (QED) is 0.251. The molecule has 0 fully saturated rings. The minimum absolute atomic E-state index is 0.381. The molecule has 0 aliphatic carbocycles. The van der Waals surface area contributed by atoms with Gasteiger partial charge in [-0.3, -0.25) is 0 Å². The SMILES string of the molecule is CCC(CC)c1c2nc(cc3ccc(cc4ccc([nH]4)c(-c4ccc(N(C)C)cc4)c4nc1C=C4)[nH]3)C=C2. The van der Waals surface area contributed by atoms with E-state index in [9.17, 15) is 0 Å². The first-order valence-corrected chi connectivity index (χ1v) is 13.4. The first-order valence-electron chi connectivity index (χ1n) is 13.4. The van der Waals surface area contributed by atoms with Gasteiger partial charge in [0.2, 0.25) is 0 Å². The van der Waals surface area contributed by atoms with Crippen molar-refractivity contribution >= 4 is 52.1 Å². The molecular formula is C33H33N5. The Bertz CT molecular complexity index is 1710. The Balaban J connectivity index is 1.72. The van der Waals surface area contributed by atoms with Crippen molar-refractivity contribution < 1.29 is 0 Å². The molecule has 5 heteroatoms. The second-order valence-electron chi connectivity index (χ2n) is 10.2. The molecule has 38 heavy (non-hydrogen) atoms. The molecule has 0 radical (unpaired) electrons. The lowest BCUT2D eigenvalue weighted by Gasteiger charge is -2.15. The predicted molar refractivity (Wildman–Crippen MR) is 162 cm³/mol. The topological polar surface area (TPSA) is 60.6 Å². The van der Waals surface area contributed by atoms with Gasteiger partial charge in [0.1, 0.15) is 0 Å². The van der Waals surface area contributed by atoms with Gasteiger partial charge in [0.25, 0.3) is 0 Å². The van der Waals surface area contributed by atoms with E-state index in [1.54, 1.807) is 0 Å². The largest absolute Gasteiger partial charge is 0.378 e. The zero-order valence-electron chi connectivity index (χ0n) is 22.4. The number of hydrogen-bond donors (Lipinski definition) is 2. The highest BCUT2D eigenvalue weighted by atomic mass is 15.1. The summed E-state index contributed by atoms with van der Waals surface area (Å²) in [5.41, 5.74) is 12.7.